The molecular weight excluding hydrogens is 370 g/mol. The summed E-state index contributed by atoms with van der Waals surface area (Å²) in [6.07, 6.45) is 0.789. The van der Waals surface area contributed by atoms with Gasteiger partial charge in [-0.05, 0) is 53.9 Å². The molecule has 2 atom stereocenters. The van der Waals surface area contributed by atoms with Gasteiger partial charge in [-0.3, -0.25) is 0 Å². The van der Waals surface area contributed by atoms with Crippen LogP contribution in [0.3, 0.4) is 0 Å². The summed E-state index contributed by atoms with van der Waals surface area (Å²) in [6.45, 7) is 1.61. The standard InChI is InChI=1S/C24H22ClNO2/c25-21-12-10-18(11-13-21)17-6-8-20(9-7-17)24(27)28-23-16-26-15-14-22(23)19-4-2-1-3-5-19/h1-13,22-23,26H,14-16H2/t22-,23+/m0/s1. The van der Waals surface area contributed by atoms with Crippen molar-refractivity contribution in [3.8, 4) is 11.1 Å². The molecule has 1 heterocycles. The van der Waals surface area contributed by atoms with Gasteiger partial charge < -0.3 is 10.1 Å². The SMILES string of the molecule is O=C(O[C@@H]1CNCC[C@H]1c1ccccc1)c1ccc(-c2ccc(Cl)cc2)cc1. The number of piperidine rings is 1. The summed E-state index contributed by atoms with van der Waals surface area (Å²) < 4.78 is 5.89. The van der Waals surface area contributed by atoms with Crippen LogP contribution >= 0.6 is 11.6 Å². The molecule has 142 valence electrons. The maximum Gasteiger partial charge on any atom is 0.338 e. The molecule has 1 aliphatic heterocycles. The lowest BCUT2D eigenvalue weighted by atomic mass is 9.88. The summed E-state index contributed by atoms with van der Waals surface area (Å²) in [5.74, 6) is -0.0583. The molecule has 4 rings (SSSR count). The van der Waals surface area contributed by atoms with E-state index in [1.54, 1.807) is 0 Å². The second-order valence-electron chi connectivity index (χ2n) is 7.04. The number of halogens is 1. The number of benzene rings is 3. The van der Waals surface area contributed by atoms with Crippen LogP contribution in [0, 0.1) is 0 Å². The molecule has 1 aliphatic rings. The van der Waals surface area contributed by atoms with Crippen LogP contribution in [0.1, 0.15) is 28.3 Å². The normalized spacial score (nSPS) is 19.2. The molecule has 1 saturated heterocycles. The van der Waals surface area contributed by atoms with E-state index in [0.29, 0.717) is 17.1 Å². The highest BCUT2D eigenvalue weighted by atomic mass is 35.5. The summed E-state index contributed by atoms with van der Waals surface area (Å²) in [5, 5.41) is 4.05. The van der Waals surface area contributed by atoms with Crippen LogP contribution in [0.2, 0.25) is 5.02 Å². The minimum absolute atomic E-state index is 0.167. The van der Waals surface area contributed by atoms with E-state index >= 15 is 0 Å². The highest BCUT2D eigenvalue weighted by Crippen LogP contribution is 2.28. The van der Waals surface area contributed by atoms with Gasteiger partial charge in [0.1, 0.15) is 6.10 Å². The number of hydrogen-bond acceptors (Lipinski definition) is 3. The third kappa shape index (κ3) is 4.27. The zero-order chi connectivity index (χ0) is 19.3. The predicted molar refractivity (Wildman–Crippen MR) is 113 cm³/mol. The lowest BCUT2D eigenvalue weighted by molar-refractivity contribution is 0.0182. The summed E-state index contributed by atoms with van der Waals surface area (Å²) in [5.41, 5.74) is 3.88. The molecule has 3 aromatic carbocycles. The number of rotatable bonds is 4. The largest absolute Gasteiger partial charge is 0.457 e. The van der Waals surface area contributed by atoms with Gasteiger partial charge in [0.05, 0.1) is 5.56 Å². The van der Waals surface area contributed by atoms with Gasteiger partial charge in [-0.15, -0.1) is 0 Å². The van der Waals surface area contributed by atoms with Crippen LogP contribution in [-0.2, 0) is 4.74 Å². The molecule has 0 aromatic heterocycles. The molecule has 0 bridgehead atoms. The van der Waals surface area contributed by atoms with Crippen molar-refractivity contribution in [2.45, 2.75) is 18.4 Å². The smallest absolute Gasteiger partial charge is 0.338 e. The number of esters is 1. The second kappa shape index (κ2) is 8.59. The fourth-order valence-electron chi connectivity index (χ4n) is 3.68. The third-order valence-corrected chi connectivity index (χ3v) is 5.46. The maximum atomic E-state index is 12.7. The molecule has 4 heteroatoms. The molecule has 0 aliphatic carbocycles. The van der Waals surface area contributed by atoms with Gasteiger partial charge in [0, 0.05) is 17.5 Å². The van der Waals surface area contributed by atoms with Gasteiger partial charge in [0.2, 0.25) is 0 Å². The molecule has 0 amide bonds. The Balaban J connectivity index is 1.47. The Morgan fingerprint density at radius 1 is 0.893 bits per heavy atom. The Morgan fingerprint density at radius 3 is 2.21 bits per heavy atom. The van der Waals surface area contributed by atoms with E-state index in [1.807, 2.05) is 66.7 Å². The molecule has 3 nitrogen and oxygen atoms in total. The van der Waals surface area contributed by atoms with Crippen molar-refractivity contribution in [1.29, 1.82) is 0 Å². The number of nitrogens with one attached hydrogen (secondary N) is 1. The zero-order valence-electron chi connectivity index (χ0n) is 15.5. The van der Waals surface area contributed by atoms with Crippen molar-refractivity contribution in [1.82, 2.24) is 5.32 Å². The van der Waals surface area contributed by atoms with E-state index in [0.717, 1.165) is 24.1 Å². The number of carbonyl (C=O) groups excluding carboxylic acids is 1. The van der Waals surface area contributed by atoms with Gasteiger partial charge in [0.15, 0.2) is 0 Å². The van der Waals surface area contributed by atoms with Crippen molar-refractivity contribution in [3.63, 3.8) is 0 Å². The van der Waals surface area contributed by atoms with Crippen molar-refractivity contribution in [2.24, 2.45) is 0 Å². The molecular formula is C24H22ClNO2. The highest BCUT2D eigenvalue weighted by molar-refractivity contribution is 6.30. The Bertz CT molecular complexity index is 923. The fraction of sp³-hybridized carbons (Fsp3) is 0.208. The van der Waals surface area contributed by atoms with Crippen molar-refractivity contribution in [3.05, 3.63) is 95.0 Å². The lowest BCUT2D eigenvalue weighted by Gasteiger charge is -2.32. The molecule has 1 fully saturated rings. The summed E-state index contributed by atoms with van der Waals surface area (Å²) in [4.78, 5) is 12.7. The first-order chi connectivity index (χ1) is 13.7. The molecule has 28 heavy (non-hydrogen) atoms. The van der Waals surface area contributed by atoms with Crippen LogP contribution in [0.5, 0.6) is 0 Å². The topological polar surface area (TPSA) is 38.3 Å². The minimum atomic E-state index is -0.280. The maximum absolute atomic E-state index is 12.7. The van der Waals surface area contributed by atoms with Gasteiger partial charge in [-0.1, -0.05) is 66.2 Å². The number of ether oxygens (including phenoxy) is 1. The molecule has 0 radical (unpaired) electrons. The lowest BCUT2D eigenvalue weighted by Crippen LogP contribution is -2.42. The van der Waals surface area contributed by atoms with E-state index in [2.05, 4.69) is 17.4 Å². The average Bonchev–Trinajstić information content (AvgIpc) is 2.75. The number of carbonyl (C=O) groups is 1. The van der Waals surface area contributed by atoms with Crippen LogP contribution in [0.25, 0.3) is 11.1 Å². The van der Waals surface area contributed by atoms with Gasteiger partial charge in [-0.25, -0.2) is 4.79 Å². The van der Waals surface area contributed by atoms with E-state index in [1.165, 1.54) is 5.56 Å². The van der Waals surface area contributed by atoms with Crippen LogP contribution in [-0.4, -0.2) is 25.2 Å². The molecule has 0 unspecified atom stereocenters. The van der Waals surface area contributed by atoms with Gasteiger partial charge in [0.25, 0.3) is 0 Å². The van der Waals surface area contributed by atoms with E-state index in [9.17, 15) is 4.79 Å². The Labute approximate surface area is 170 Å². The second-order valence-corrected chi connectivity index (χ2v) is 7.47. The minimum Gasteiger partial charge on any atom is -0.457 e. The molecule has 3 aromatic rings. The molecule has 0 saturated carbocycles. The first-order valence-corrected chi connectivity index (χ1v) is 9.91. The molecule has 1 N–H and O–H groups in total. The Hall–Kier alpha value is -2.62. The summed E-state index contributed by atoms with van der Waals surface area (Å²) >= 11 is 5.95. The fourth-order valence-corrected chi connectivity index (χ4v) is 3.81. The van der Waals surface area contributed by atoms with Crippen molar-refractivity contribution in [2.75, 3.05) is 13.1 Å². The molecule has 0 spiro atoms. The first kappa shape index (κ1) is 18.7. The summed E-state index contributed by atoms with van der Waals surface area (Å²) in [6, 6.07) is 25.5. The Kier molecular flexibility index (Phi) is 5.75. The predicted octanol–water partition coefficient (Wildman–Crippen LogP) is 5.31. The number of hydrogen-bond donors (Lipinski definition) is 1. The van der Waals surface area contributed by atoms with E-state index in [4.69, 9.17) is 16.3 Å². The van der Waals surface area contributed by atoms with Crippen molar-refractivity contribution < 1.29 is 9.53 Å². The monoisotopic (exact) mass is 391 g/mol. The van der Waals surface area contributed by atoms with Crippen LogP contribution in [0.4, 0.5) is 0 Å². The Morgan fingerprint density at radius 2 is 1.54 bits per heavy atom. The van der Waals surface area contributed by atoms with Gasteiger partial charge in [-0.2, -0.15) is 0 Å². The van der Waals surface area contributed by atoms with Crippen molar-refractivity contribution >= 4 is 17.6 Å². The summed E-state index contributed by atoms with van der Waals surface area (Å²) in [7, 11) is 0. The zero-order valence-corrected chi connectivity index (χ0v) is 16.2. The van der Waals surface area contributed by atoms with Gasteiger partial charge >= 0.3 is 5.97 Å². The van der Waals surface area contributed by atoms with E-state index in [-0.39, 0.29) is 18.0 Å². The average molecular weight is 392 g/mol. The first-order valence-electron chi connectivity index (χ1n) is 9.53. The van der Waals surface area contributed by atoms with Crippen LogP contribution < -0.4 is 5.32 Å². The quantitative estimate of drug-likeness (QED) is 0.612. The van der Waals surface area contributed by atoms with E-state index < -0.39 is 0 Å². The highest BCUT2D eigenvalue weighted by Gasteiger charge is 2.29. The third-order valence-electron chi connectivity index (χ3n) is 5.21. The van der Waals surface area contributed by atoms with Crippen LogP contribution in [0.15, 0.2) is 78.9 Å².